The minimum Gasteiger partial charge on any atom is -0.144 e. The van der Waals surface area contributed by atoms with Gasteiger partial charge in [-0.05, 0) is 53.6 Å². The molecule has 3 rings (SSSR count). The van der Waals surface area contributed by atoms with E-state index in [0.29, 0.717) is 0 Å². The molecule has 0 atom stereocenters. The molecule has 1 heteroatoms. The molecule has 0 fully saturated rings. The lowest BCUT2D eigenvalue weighted by molar-refractivity contribution is 1.43. The Morgan fingerprint density at radius 2 is 1.65 bits per heavy atom. The highest BCUT2D eigenvalue weighted by atomic mass is 32.1. The lowest BCUT2D eigenvalue weighted by Gasteiger charge is -2.10. The van der Waals surface area contributed by atoms with Gasteiger partial charge in [-0.25, -0.2) is 0 Å². The Bertz CT molecular complexity index is 677. The molecule has 1 aromatic heterocycles. The predicted molar refractivity (Wildman–Crippen MR) is 76.7 cm³/mol. The second kappa shape index (κ2) is 4.01. The summed E-state index contributed by atoms with van der Waals surface area (Å²) in [6.45, 7) is 4.37. The molecule has 0 aliphatic heterocycles. The van der Waals surface area contributed by atoms with E-state index in [1.807, 2.05) is 11.3 Å². The van der Waals surface area contributed by atoms with Crippen molar-refractivity contribution in [3.63, 3.8) is 0 Å². The molecule has 0 aliphatic rings. The maximum absolute atomic E-state index is 2.23. The quantitative estimate of drug-likeness (QED) is 0.547. The van der Waals surface area contributed by atoms with E-state index in [1.54, 1.807) is 0 Å². The van der Waals surface area contributed by atoms with Crippen LogP contribution in [0.3, 0.4) is 0 Å². The molecular weight excluding hydrogens is 224 g/mol. The Balaban J connectivity index is 2.40. The van der Waals surface area contributed by atoms with Gasteiger partial charge < -0.3 is 0 Å². The Hall–Kier alpha value is -1.60. The van der Waals surface area contributed by atoms with Crippen LogP contribution in [0, 0.1) is 13.8 Å². The second-order valence-corrected chi connectivity index (χ2v) is 5.35. The summed E-state index contributed by atoms with van der Waals surface area (Å²) < 4.78 is 1.37. The van der Waals surface area contributed by atoms with E-state index >= 15 is 0 Å². The number of aryl methyl sites for hydroxylation is 2. The maximum Gasteiger partial charge on any atom is 0.0349 e. The van der Waals surface area contributed by atoms with Gasteiger partial charge in [0.05, 0.1) is 0 Å². The molecule has 1 heterocycles. The highest BCUT2D eigenvalue weighted by Crippen LogP contribution is 2.35. The van der Waals surface area contributed by atoms with Crippen LogP contribution < -0.4 is 0 Å². The molecule has 0 saturated carbocycles. The number of hydrogen-bond acceptors (Lipinski definition) is 1. The van der Waals surface area contributed by atoms with Crippen molar-refractivity contribution in [3.8, 4) is 11.1 Å². The summed E-state index contributed by atoms with van der Waals surface area (Å²) in [7, 11) is 0. The summed E-state index contributed by atoms with van der Waals surface area (Å²) in [6.07, 6.45) is 0. The first-order valence-electron chi connectivity index (χ1n) is 5.80. The number of thiophene rings is 1. The Morgan fingerprint density at radius 3 is 2.47 bits per heavy atom. The molecule has 0 bridgehead atoms. The van der Waals surface area contributed by atoms with E-state index in [9.17, 15) is 0 Å². The number of fused-ring (bicyclic) bond motifs is 1. The Morgan fingerprint density at radius 1 is 0.824 bits per heavy atom. The van der Waals surface area contributed by atoms with Gasteiger partial charge in [-0.15, -0.1) is 11.3 Å². The van der Waals surface area contributed by atoms with Gasteiger partial charge in [0.15, 0.2) is 0 Å². The SMILES string of the molecule is Cc1ccccc1-c1c(C)ccc2sccc12. The fourth-order valence-corrected chi connectivity index (χ4v) is 3.16. The summed E-state index contributed by atoms with van der Waals surface area (Å²) >= 11 is 1.81. The third-order valence-electron chi connectivity index (χ3n) is 3.26. The molecule has 0 nitrogen and oxygen atoms in total. The van der Waals surface area contributed by atoms with Crippen molar-refractivity contribution in [1.29, 1.82) is 0 Å². The zero-order valence-corrected chi connectivity index (χ0v) is 10.8. The van der Waals surface area contributed by atoms with Crippen LogP contribution in [-0.2, 0) is 0 Å². The molecule has 0 saturated heterocycles. The third-order valence-corrected chi connectivity index (χ3v) is 4.14. The molecule has 17 heavy (non-hydrogen) atoms. The molecule has 3 aromatic rings. The fourth-order valence-electron chi connectivity index (χ4n) is 2.36. The molecule has 0 amide bonds. The summed E-state index contributed by atoms with van der Waals surface area (Å²) in [5, 5.41) is 3.55. The first-order chi connectivity index (χ1) is 8.27. The van der Waals surface area contributed by atoms with Crippen LogP contribution in [0.15, 0.2) is 47.8 Å². The molecule has 2 aromatic carbocycles. The molecule has 0 N–H and O–H groups in total. The predicted octanol–water partition coefficient (Wildman–Crippen LogP) is 5.19. The molecule has 0 aliphatic carbocycles. The molecule has 0 spiro atoms. The van der Waals surface area contributed by atoms with Gasteiger partial charge in [-0.2, -0.15) is 0 Å². The minimum atomic E-state index is 1.34. The Kier molecular flexibility index (Phi) is 2.49. The van der Waals surface area contributed by atoms with Crippen molar-refractivity contribution in [2.75, 3.05) is 0 Å². The first kappa shape index (κ1) is 10.5. The summed E-state index contributed by atoms with van der Waals surface area (Å²) in [5.74, 6) is 0. The molecule has 84 valence electrons. The highest BCUT2D eigenvalue weighted by Gasteiger charge is 2.09. The smallest absolute Gasteiger partial charge is 0.0349 e. The second-order valence-electron chi connectivity index (χ2n) is 4.40. The van der Waals surface area contributed by atoms with Gasteiger partial charge in [0, 0.05) is 10.1 Å². The molecule has 0 unspecified atom stereocenters. The van der Waals surface area contributed by atoms with Gasteiger partial charge in [0.2, 0.25) is 0 Å². The fraction of sp³-hybridized carbons (Fsp3) is 0.125. The average Bonchev–Trinajstić information content (AvgIpc) is 2.79. The zero-order valence-electron chi connectivity index (χ0n) is 10.0. The number of rotatable bonds is 1. The van der Waals surface area contributed by atoms with Gasteiger partial charge in [-0.3, -0.25) is 0 Å². The average molecular weight is 238 g/mol. The van der Waals surface area contributed by atoms with Crippen molar-refractivity contribution in [1.82, 2.24) is 0 Å². The standard InChI is InChI=1S/C16H14S/c1-11-5-3-4-6-13(11)16-12(2)7-8-15-14(16)9-10-17-15/h3-10H,1-2H3. The van der Waals surface area contributed by atoms with Crippen LogP contribution in [0.4, 0.5) is 0 Å². The summed E-state index contributed by atoms with van der Waals surface area (Å²) in [6, 6.07) is 15.3. The van der Waals surface area contributed by atoms with Gasteiger partial charge >= 0.3 is 0 Å². The van der Waals surface area contributed by atoms with E-state index < -0.39 is 0 Å². The van der Waals surface area contributed by atoms with Crippen LogP contribution >= 0.6 is 11.3 Å². The highest BCUT2D eigenvalue weighted by molar-refractivity contribution is 7.17. The minimum absolute atomic E-state index is 1.34. The zero-order chi connectivity index (χ0) is 11.8. The molecule has 0 radical (unpaired) electrons. The monoisotopic (exact) mass is 238 g/mol. The van der Waals surface area contributed by atoms with E-state index in [1.165, 1.54) is 32.3 Å². The summed E-state index contributed by atoms with van der Waals surface area (Å²) in [5.41, 5.74) is 5.44. The lowest BCUT2D eigenvalue weighted by atomic mass is 9.94. The van der Waals surface area contributed by atoms with Crippen molar-refractivity contribution < 1.29 is 0 Å². The van der Waals surface area contributed by atoms with E-state index in [4.69, 9.17) is 0 Å². The van der Waals surface area contributed by atoms with Gasteiger partial charge in [-0.1, -0.05) is 30.3 Å². The van der Waals surface area contributed by atoms with Crippen molar-refractivity contribution >= 4 is 21.4 Å². The van der Waals surface area contributed by atoms with Crippen LogP contribution in [-0.4, -0.2) is 0 Å². The van der Waals surface area contributed by atoms with Gasteiger partial charge in [0.25, 0.3) is 0 Å². The topological polar surface area (TPSA) is 0 Å². The van der Waals surface area contributed by atoms with Crippen molar-refractivity contribution in [3.05, 3.63) is 59.0 Å². The van der Waals surface area contributed by atoms with E-state index in [0.717, 1.165) is 0 Å². The van der Waals surface area contributed by atoms with Crippen LogP contribution in [0.25, 0.3) is 21.2 Å². The van der Waals surface area contributed by atoms with E-state index in [2.05, 4.69) is 61.7 Å². The van der Waals surface area contributed by atoms with Crippen molar-refractivity contribution in [2.24, 2.45) is 0 Å². The first-order valence-corrected chi connectivity index (χ1v) is 6.68. The number of benzene rings is 2. The van der Waals surface area contributed by atoms with Crippen LogP contribution in [0.5, 0.6) is 0 Å². The normalized spacial score (nSPS) is 10.9. The van der Waals surface area contributed by atoms with Crippen molar-refractivity contribution in [2.45, 2.75) is 13.8 Å². The number of hydrogen-bond donors (Lipinski definition) is 0. The largest absolute Gasteiger partial charge is 0.144 e. The maximum atomic E-state index is 2.23. The van der Waals surface area contributed by atoms with Gasteiger partial charge in [0.1, 0.15) is 0 Å². The van der Waals surface area contributed by atoms with E-state index in [-0.39, 0.29) is 0 Å². The van der Waals surface area contributed by atoms with Crippen LogP contribution in [0.2, 0.25) is 0 Å². The Labute approximate surface area is 106 Å². The lowest BCUT2D eigenvalue weighted by Crippen LogP contribution is -1.87. The summed E-state index contributed by atoms with van der Waals surface area (Å²) in [4.78, 5) is 0. The molecular formula is C16H14S. The third kappa shape index (κ3) is 1.67. The van der Waals surface area contributed by atoms with Crippen LogP contribution in [0.1, 0.15) is 11.1 Å².